The van der Waals surface area contributed by atoms with E-state index in [1.807, 2.05) is 48.5 Å². The van der Waals surface area contributed by atoms with E-state index in [0.717, 1.165) is 27.2 Å². The Morgan fingerprint density at radius 3 is 2.26 bits per heavy atom. The molecular formula is C25H26F2N2O6. The number of amides is 2. The van der Waals surface area contributed by atoms with E-state index in [9.17, 15) is 28.3 Å². The fourth-order valence-corrected chi connectivity index (χ4v) is 4.75. The van der Waals surface area contributed by atoms with Gasteiger partial charge in [-0.2, -0.15) is 0 Å². The number of likely N-dealkylation sites (N-methyl/N-ethyl adjacent to an activating group) is 1. The van der Waals surface area contributed by atoms with Gasteiger partial charge in [0.15, 0.2) is 0 Å². The van der Waals surface area contributed by atoms with Crippen molar-refractivity contribution >= 4 is 18.0 Å². The standard InChI is InChI=1S/C25H26F2N2O6/c1-29(21-13-34-11-19(21)24(31)32)23(30)20(10-22(26)27)28-25(33)35-12-18-16-8-4-2-6-14(16)15-7-3-5-9-17(15)18/h2-9,18-22H,10-13H2,1H3,(H,28,33)(H,31,32). The molecule has 1 aliphatic carbocycles. The molecule has 1 aliphatic heterocycles. The number of alkyl halides is 2. The first-order chi connectivity index (χ1) is 16.8. The average Bonchev–Trinajstić information content (AvgIpc) is 3.45. The predicted molar refractivity (Wildman–Crippen MR) is 121 cm³/mol. The molecule has 0 spiro atoms. The number of ether oxygens (including phenoxy) is 2. The van der Waals surface area contributed by atoms with Gasteiger partial charge in [-0.3, -0.25) is 9.59 Å². The van der Waals surface area contributed by atoms with E-state index in [0.29, 0.717) is 0 Å². The van der Waals surface area contributed by atoms with Crippen molar-refractivity contribution in [2.45, 2.75) is 30.8 Å². The zero-order valence-electron chi connectivity index (χ0n) is 19.0. The summed E-state index contributed by atoms with van der Waals surface area (Å²) in [7, 11) is 1.31. The van der Waals surface area contributed by atoms with Crippen molar-refractivity contribution in [3.8, 4) is 11.1 Å². The summed E-state index contributed by atoms with van der Waals surface area (Å²) in [6.07, 6.45) is -4.81. The molecule has 186 valence electrons. The number of hydrogen-bond donors (Lipinski definition) is 2. The summed E-state index contributed by atoms with van der Waals surface area (Å²) in [5.74, 6) is -3.19. The number of halogens is 2. The van der Waals surface area contributed by atoms with Gasteiger partial charge in [0.05, 0.1) is 19.3 Å². The maximum atomic E-state index is 13.2. The summed E-state index contributed by atoms with van der Waals surface area (Å²) >= 11 is 0. The Morgan fingerprint density at radius 1 is 1.09 bits per heavy atom. The van der Waals surface area contributed by atoms with Crippen LogP contribution in [-0.2, 0) is 19.1 Å². The molecule has 0 aromatic heterocycles. The summed E-state index contributed by atoms with van der Waals surface area (Å²) in [6, 6.07) is 13.1. The SMILES string of the molecule is CN(C(=O)C(CC(F)F)NC(=O)OCC1c2ccccc2-c2ccccc21)C1COCC1C(=O)O. The molecule has 10 heteroatoms. The molecule has 0 radical (unpaired) electrons. The number of benzene rings is 2. The number of carbonyl (C=O) groups is 3. The molecule has 8 nitrogen and oxygen atoms in total. The monoisotopic (exact) mass is 488 g/mol. The highest BCUT2D eigenvalue weighted by molar-refractivity contribution is 5.86. The lowest BCUT2D eigenvalue weighted by atomic mass is 9.98. The van der Waals surface area contributed by atoms with Crippen LogP contribution in [0.2, 0.25) is 0 Å². The van der Waals surface area contributed by atoms with Gasteiger partial charge >= 0.3 is 12.1 Å². The van der Waals surface area contributed by atoms with Crippen molar-refractivity contribution in [1.82, 2.24) is 10.2 Å². The number of nitrogens with one attached hydrogen (secondary N) is 1. The minimum absolute atomic E-state index is 0.0362. The number of hydrogen-bond acceptors (Lipinski definition) is 5. The van der Waals surface area contributed by atoms with E-state index in [4.69, 9.17) is 9.47 Å². The predicted octanol–water partition coefficient (Wildman–Crippen LogP) is 3.11. The molecule has 2 N–H and O–H groups in total. The van der Waals surface area contributed by atoms with Gasteiger partial charge in [0, 0.05) is 19.4 Å². The third-order valence-corrected chi connectivity index (χ3v) is 6.56. The van der Waals surface area contributed by atoms with Crippen LogP contribution >= 0.6 is 0 Å². The summed E-state index contributed by atoms with van der Waals surface area (Å²) in [4.78, 5) is 38.0. The Morgan fingerprint density at radius 2 is 1.69 bits per heavy atom. The second kappa shape index (κ2) is 10.4. The highest BCUT2D eigenvalue weighted by Gasteiger charge is 2.41. The van der Waals surface area contributed by atoms with Crippen LogP contribution in [0.3, 0.4) is 0 Å². The molecule has 0 bridgehead atoms. The second-order valence-electron chi connectivity index (χ2n) is 8.65. The average molecular weight is 488 g/mol. The number of carboxylic acid groups (broad SMARTS) is 1. The van der Waals surface area contributed by atoms with E-state index in [1.165, 1.54) is 7.05 Å². The molecule has 1 fully saturated rings. The van der Waals surface area contributed by atoms with Crippen LogP contribution < -0.4 is 5.32 Å². The van der Waals surface area contributed by atoms with Crippen molar-refractivity contribution in [1.29, 1.82) is 0 Å². The van der Waals surface area contributed by atoms with E-state index >= 15 is 0 Å². The highest BCUT2D eigenvalue weighted by atomic mass is 19.3. The molecule has 2 aromatic carbocycles. The number of carboxylic acids is 1. The van der Waals surface area contributed by atoms with Crippen LogP contribution in [0, 0.1) is 5.92 Å². The molecule has 2 aromatic rings. The lowest BCUT2D eigenvalue weighted by molar-refractivity contribution is -0.145. The minimum atomic E-state index is -2.87. The Labute approximate surface area is 200 Å². The Hall–Kier alpha value is -3.53. The lowest BCUT2D eigenvalue weighted by Gasteiger charge is -2.30. The van der Waals surface area contributed by atoms with E-state index in [-0.39, 0.29) is 25.7 Å². The quantitative estimate of drug-likeness (QED) is 0.592. The normalized spacial score (nSPS) is 19.7. The van der Waals surface area contributed by atoms with E-state index in [1.54, 1.807) is 0 Å². The molecule has 3 atom stereocenters. The Balaban J connectivity index is 1.43. The van der Waals surface area contributed by atoms with Gasteiger partial charge in [-0.15, -0.1) is 0 Å². The summed E-state index contributed by atoms with van der Waals surface area (Å²) in [6.45, 7) is -0.161. The van der Waals surface area contributed by atoms with Crippen LogP contribution in [0.25, 0.3) is 11.1 Å². The number of carbonyl (C=O) groups excluding carboxylic acids is 2. The number of rotatable bonds is 8. The molecule has 1 heterocycles. The van der Waals surface area contributed by atoms with Crippen molar-refractivity contribution in [3.05, 3.63) is 59.7 Å². The van der Waals surface area contributed by atoms with Crippen LogP contribution in [0.4, 0.5) is 13.6 Å². The van der Waals surface area contributed by atoms with Crippen molar-refractivity contribution in [2.75, 3.05) is 26.9 Å². The van der Waals surface area contributed by atoms with Crippen molar-refractivity contribution < 1.29 is 37.7 Å². The number of aliphatic carboxylic acids is 1. The highest BCUT2D eigenvalue weighted by Crippen LogP contribution is 2.44. The second-order valence-corrected chi connectivity index (χ2v) is 8.65. The zero-order chi connectivity index (χ0) is 25.1. The van der Waals surface area contributed by atoms with Gasteiger partial charge in [0.2, 0.25) is 12.3 Å². The fraction of sp³-hybridized carbons (Fsp3) is 0.400. The Kier molecular flexibility index (Phi) is 7.30. The van der Waals surface area contributed by atoms with Crippen LogP contribution in [0.1, 0.15) is 23.5 Å². The minimum Gasteiger partial charge on any atom is -0.481 e. The summed E-state index contributed by atoms with van der Waals surface area (Å²) < 4.78 is 37.0. The van der Waals surface area contributed by atoms with E-state index in [2.05, 4.69) is 5.32 Å². The van der Waals surface area contributed by atoms with Gasteiger partial charge in [0.1, 0.15) is 18.6 Å². The fourth-order valence-electron chi connectivity index (χ4n) is 4.75. The maximum Gasteiger partial charge on any atom is 0.407 e. The van der Waals surface area contributed by atoms with Gasteiger partial charge in [-0.05, 0) is 22.3 Å². The van der Waals surface area contributed by atoms with E-state index < -0.39 is 48.8 Å². The zero-order valence-corrected chi connectivity index (χ0v) is 19.0. The first-order valence-electron chi connectivity index (χ1n) is 11.2. The maximum absolute atomic E-state index is 13.2. The van der Waals surface area contributed by atoms with Crippen LogP contribution in [0.15, 0.2) is 48.5 Å². The number of alkyl carbamates (subject to hydrolysis) is 1. The van der Waals surface area contributed by atoms with Crippen molar-refractivity contribution in [2.24, 2.45) is 5.92 Å². The van der Waals surface area contributed by atoms with Gasteiger partial charge in [-0.25, -0.2) is 13.6 Å². The molecule has 35 heavy (non-hydrogen) atoms. The first kappa shape index (κ1) is 24.6. The molecule has 3 unspecified atom stereocenters. The molecule has 0 saturated carbocycles. The first-order valence-corrected chi connectivity index (χ1v) is 11.2. The third-order valence-electron chi connectivity index (χ3n) is 6.56. The summed E-state index contributed by atoms with van der Waals surface area (Å²) in [5, 5.41) is 11.6. The molecule has 1 saturated heterocycles. The molecule has 2 aliphatic rings. The van der Waals surface area contributed by atoms with Gasteiger partial charge < -0.3 is 24.8 Å². The smallest absolute Gasteiger partial charge is 0.407 e. The third kappa shape index (κ3) is 5.12. The molecular weight excluding hydrogens is 462 g/mol. The van der Waals surface area contributed by atoms with Crippen molar-refractivity contribution in [3.63, 3.8) is 0 Å². The van der Waals surface area contributed by atoms with Crippen LogP contribution in [0.5, 0.6) is 0 Å². The molecule has 2 amide bonds. The largest absolute Gasteiger partial charge is 0.481 e. The summed E-state index contributed by atoms with van der Waals surface area (Å²) in [5.41, 5.74) is 4.05. The topological polar surface area (TPSA) is 105 Å². The Bertz CT molecular complexity index is 1070. The molecule has 4 rings (SSSR count). The van der Waals surface area contributed by atoms with Crippen LogP contribution in [-0.4, -0.2) is 73.4 Å². The van der Waals surface area contributed by atoms with Gasteiger partial charge in [-0.1, -0.05) is 48.5 Å². The van der Waals surface area contributed by atoms with Gasteiger partial charge in [0.25, 0.3) is 0 Å². The number of fused-ring (bicyclic) bond motifs is 3. The lowest BCUT2D eigenvalue weighted by Crippen LogP contribution is -2.53. The number of nitrogens with zero attached hydrogens (tertiary/aromatic N) is 1.